The van der Waals surface area contributed by atoms with Crippen molar-refractivity contribution >= 4 is 17.4 Å². The van der Waals surface area contributed by atoms with Crippen LogP contribution < -0.4 is 4.90 Å². The number of hydrogen-bond acceptors (Lipinski definition) is 6. The van der Waals surface area contributed by atoms with E-state index in [4.69, 9.17) is 19.6 Å². The SMILES string of the molecule is C=C/C=C/C1(C)CCN(c2c([C@H](OC(C)(C)C)C(=O)OC)c(C)nc3cc(-c4cccc(-c5ccccc5CCC=C)c4)nn23)CC1. The first-order valence-electron chi connectivity index (χ1n) is 16.5. The predicted octanol–water partition coefficient (Wildman–Crippen LogP) is 8.87. The Balaban J connectivity index is 1.65. The zero-order chi connectivity index (χ0) is 33.8. The lowest BCUT2D eigenvalue weighted by Crippen LogP contribution is -2.40. The van der Waals surface area contributed by atoms with Crippen LogP contribution >= 0.6 is 0 Å². The van der Waals surface area contributed by atoms with Crippen LogP contribution in [0.5, 0.6) is 0 Å². The number of ether oxygens (including phenoxy) is 2. The summed E-state index contributed by atoms with van der Waals surface area (Å²) < 4.78 is 13.6. The van der Waals surface area contributed by atoms with E-state index in [9.17, 15) is 4.79 Å². The number of nitrogens with zero attached hydrogens (tertiary/aromatic N) is 4. The monoisotopic (exact) mass is 632 g/mol. The van der Waals surface area contributed by atoms with Crippen LogP contribution in [0.3, 0.4) is 0 Å². The van der Waals surface area contributed by atoms with Crippen LogP contribution in [-0.2, 0) is 20.7 Å². The summed E-state index contributed by atoms with van der Waals surface area (Å²) in [6, 6.07) is 19.1. The molecular weight excluding hydrogens is 584 g/mol. The van der Waals surface area contributed by atoms with E-state index in [0.717, 1.165) is 61.4 Å². The van der Waals surface area contributed by atoms with E-state index in [2.05, 4.69) is 79.6 Å². The van der Waals surface area contributed by atoms with E-state index < -0.39 is 17.7 Å². The molecule has 1 aliphatic heterocycles. The van der Waals surface area contributed by atoms with Gasteiger partial charge >= 0.3 is 5.97 Å². The number of aryl methyl sites for hydroxylation is 2. The highest BCUT2D eigenvalue weighted by Gasteiger charge is 2.37. The lowest BCUT2D eigenvalue weighted by Gasteiger charge is -2.40. The van der Waals surface area contributed by atoms with Crippen molar-refractivity contribution in [1.29, 1.82) is 0 Å². The molecule has 0 aliphatic carbocycles. The molecule has 1 atom stereocenters. The minimum atomic E-state index is -0.969. The third kappa shape index (κ3) is 7.57. The molecule has 1 saturated heterocycles. The third-order valence-electron chi connectivity index (χ3n) is 8.90. The molecule has 5 rings (SSSR count). The standard InChI is InChI=1S/C40H48N4O3/c1-9-11-16-29-17-13-14-20-32(29)30-18-15-19-31(26-30)33-27-34-41-28(3)35(36(38(45)46-8)47-39(4,5)6)37(44(34)42-33)43-24-22-40(7,23-25-43)21-12-10-2/h9-10,12-15,17-21,26-27,36H,1-2,11,16,22-25H2,3-8H3/b21-12+/t36-/m0/s1. The highest BCUT2D eigenvalue weighted by molar-refractivity contribution is 5.81. The quantitative estimate of drug-likeness (QED) is 0.0935. The Kier molecular flexibility index (Phi) is 10.2. The number of piperidine rings is 1. The number of carbonyl (C=O) groups is 1. The maximum atomic E-state index is 13.4. The van der Waals surface area contributed by atoms with Gasteiger partial charge in [-0.05, 0) is 81.5 Å². The van der Waals surface area contributed by atoms with E-state index in [1.165, 1.54) is 18.2 Å². The molecule has 0 bridgehead atoms. The molecule has 1 aliphatic rings. The van der Waals surface area contributed by atoms with Crippen LogP contribution in [0.25, 0.3) is 28.0 Å². The van der Waals surface area contributed by atoms with Gasteiger partial charge in [0, 0.05) is 30.4 Å². The first-order valence-corrected chi connectivity index (χ1v) is 16.5. The maximum absolute atomic E-state index is 13.4. The first-order chi connectivity index (χ1) is 22.5. The van der Waals surface area contributed by atoms with Gasteiger partial charge in [0.25, 0.3) is 0 Å². The van der Waals surface area contributed by atoms with Crippen molar-refractivity contribution in [2.24, 2.45) is 5.41 Å². The van der Waals surface area contributed by atoms with Crippen molar-refractivity contribution < 1.29 is 14.3 Å². The highest BCUT2D eigenvalue weighted by Crippen LogP contribution is 2.40. The molecule has 47 heavy (non-hydrogen) atoms. The molecule has 0 radical (unpaired) electrons. The van der Waals surface area contributed by atoms with Gasteiger partial charge in [-0.2, -0.15) is 9.61 Å². The third-order valence-corrected chi connectivity index (χ3v) is 8.90. The van der Waals surface area contributed by atoms with Crippen molar-refractivity contribution in [3.8, 4) is 22.4 Å². The number of aromatic nitrogens is 3. The second-order valence-corrected chi connectivity index (χ2v) is 13.7. The Morgan fingerprint density at radius 1 is 1.06 bits per heavy atom. The molecule has 4 aromatic rings. The largest absolute Gasteiger partial charge is 0.467 e. The topological polar surface area (TPSA) is 69.0 Å². The molecule has 0 spiro atoms. The summed E-state index contributed by atoms with van der Waals surface area (Å²) in [7, 11) is 1.40. The van der Waals surface area contributed by atoms with Gasteiger partial charge in [-0.1, -0.05) is 80.3 Å². The molecule has 2 aromatic heterocycles. The Hall–Kier alpha value is -4.49. The molecule has 0 amide bonds. The van der Waals surface area contributed by atoms with Crippen molar-refractivity contribution in [3.63, 3.8) is 0 Å². The summed E-state index contributed by atoms with van der Waals surface area (Å²) in [5, 5.41) is 5.18. The minimum Gasteiger partial charge on any atom is -0.467 e. The molecule has 0 unspecified atom stereocenters. The number of rotatable bonds is 11. The lowest BCUT2D eigenvalue weighted by molar-refractivity contribution is -0.164. The Labute approximate surface area is 279 Å². The lowest BCUT2D eigenvalue weighted by atomic mass is 9.80. The van der Waals surface area contributed by atoms with Gasteiger partial charge in [-0.25, -0.2) is 9.78 Å². The van der Waals surface area contributed by atoms with Gasteiger partial charge in [0.05, 0.1) is 24.0 Å². The maximum Gasteiger partial charge on any atom is 0.339 e. The van der Waals surface area contributed by atoms with Gasteiger partial charge in [-0.3, -0.25) is 0 Å². The number of esters is 1. The Morgan fingerprint density at radius 3 is 2.47 bits per heavy atom. The fourth-order valence-corrected chi connectivity index (χ4v) is 6.37. The molecule has 3 heterocycles. The van der Waals surface area contributed by atoms with Gasteiger partial charge in [0.15, 0.2) is 11.8 Å². The fourth-order valence-electron chi connectivity index (χ4n) is 6.37. The highest BCUT2D eigenvalue weighted by atomic mass is 16.6. The number of fused-ring (bicyclic) bond motifs is 1. The second-order valence-electron chi connectivity index (χ2n) is 13.7. The van der Waals surface area contributed by atoms with Crippen molar-refractivity contribution in [2.45, 2.75) is 72.0 Å². The fraction of sp³-hybridized carbons (Fsp3) is 0.375. The van der Waals surface area contributed by atoms with E-state index >= 15 is 0 Å². The van der Waals surface area contributed by atoms with Crippen molar-refractivity contribution in [1.82, 2.24) is 14.6 Å². The normalized spacial score (nSPS) is 15.6. The first kappa shape index (κ1) is 33.9. The van der Waals surface area contributed by atoms with Crippen LogP contribution in [0.2, 0.25) is 0 Å². The smallest absolute Gasteiger partial charge is 0.339 e. The number of allylic oxidation sites excluding steroid dienone is 4. The average Bonchev–Trinajstić information content (AvgIpc) is 3.48. The number of anilines is 1. The van der Waals surface area contributed by atoms with Crippen molar-refractivity contribution in [3.05, 3.63) is 109 Å². The number of hydrogen-bond donors (Lipinski definition) is 0. The predicted molar refractivity (Wildman–Crippen MR) is 192 cm³/mol. The number of benzene rings is 2. The Bertz CT molecular complexity index is 1790. The summed E-state index contributed by atoms with van der Waals surface area (Å²) in [6.45, 7) is 19.4. The zero-order valence-corrected chi connectivity index (χ0v) is 28.8. The van der Waals surface area contributed by atoms with Gasteiger partial charge < -0.3 is 14.4 Å². The number of carbonyl (C=O) groups excluding carboxylic acids is 1. The molecule has 246 valence electrons. The zero-order valence-electron chi connectivity index (χ0n) is 28.8. The summed E-state index contributed by atoms with van der Waals surface area (Å²) >= 11 is 0. The molecule has 7 heteroatoms. The van der Waals surface area contributed by atoms with Crippen LogP contribution in [0, 0.1) is 12.3 Å². The average molecular weight is 633 g/mol. The van der Waals surface area contributed by atoms with Crippen LogP contribution in [0.1, 0.15) is 69.9 Å². The van der Waals surface area contributed by atoms with E-state index in [1.54, 1.807) is 0 Å². The molecule has 2 aromatic carbocycles. The van der Waals surface area contributed by atoms with Crippen molar-refractivity contribution in [2.75, 3.05) is 25.1 Å². The van der Waals surface area contributed by atoms with Gasteiger partial charge in [0.2, 0.25) is 0 Å². The summed E-state index contributed by atoms with van der Waals surface area (Å²) in [5.41, 5.74) is 6.99. The molecule has 0 N–H and O–H groups in total. The Morgan fingerprint density at radius 2 is 1.79 bits per heavy atom. The molecular formula is C40H48N4O3. The molecule has 0 saturated carbocycles. The minimum absolute atomic E-state index is 0.0490. The van der Waals surface area contributed by atoms with E-state index in [1.807, 2.05) is 56.5 Å². The molecule has 7 nitrogen and oxygen atoms in total. The van der Waals surface area contributed by atoms with E-state index in [-0.39, 0.29) is 5.41 Å². The van der Waals surface area contributed by atoms with Gasteiger partial charge in [0.1, 0.15) is 5.82 Å². The summed E-state index contributed by atoms with van der Waals surface area (Å²) in [5.74, 6) is 0.357. The van der Waals surface area contributed by atoms with E-state index in [0.29, 0.717) is 16.9 Å². The molecule has 1 fully saturated rings. The summed E-state index contributed by atoms with van der Waals surface area (Å²) in [4.78, 5) is 20.7. The van der Waals surface area contributed by atoms with Crippen LogP contribution in [-0.4, -0.2) is 46.4 Å². The summed E-state index contributed by atoms with van der Waals surface area (Å²) in [6.07, 6.45) is 10.8. The second kappa shape index (κ2) is 14.1. The van der Waals surface area contributed by atoms with Crippen LogP contribution in [0.15, 0.2) is 92.1 Å². The number of methoxy groups -OCH3 is 1. The van der Waals surface area contributed by atoms with Gasteiger partial charge in [-0.15, -0.1) is 6.58 Å². The van der Waals surface area contributed by atoms with Crippen LogP contribution in [0.4, 0.5) is 5.82 Å².